The Labute approximate surface area is 165 Å². The SMILES string of the molecule is CN(Cc1csc(Br)c1)CN1C(=O)NC2(CCc3ccccc3C2)C1=O. The third-order valence-electron chi connectivity index (χ3n) is 5.13. The Morgan fingerprint density at radius 3 is 2.81 bits per heavy atom. The molecule has 26 heavy (non-hydrogen) atoms. The number of amides is 3. The summed E-state index contributed by atoms with van der Waals surface area (Å²) in [5.41, 5.74) is 2.82. The van der Waals surface area contributed by atoms with Crippen molar-refractivity contribution in [3.8, 4) is 0 Å². The lowest BCUT2D eigenvalue weighted by atomic mass is 9.78. The number of nitrogens with one attached hydrogen (secondary N) is 1. The molecule has 0 radical (unpaired) electrons. The van der Waals surface area contributed by atoms with E-state index in [2.05, 4.69) is 44.8 Å². The third-order valence-corrected chi connectivity index (χ3v) is 6.69. The van der Waals surface area contributed by atoms with E-state index in [1.165, 1.54) is 10.5 Å². The van der Waals surface area contributed by atoms with Crippen LogP contribution in [-0.4, -0.2) is 41.0 Å². The van der Waals surface area contributed by atoms with Crippen LogP contribution in [0.25, 0.3) is 0 Å². The zero-order valence-electron chi connectivity index (χ0n) is 14.5. The van der Waals surface area contributed by atoms with Crippen molar-refractivity contribution in [1.82, 2.24) is 15.1 Å². The lowest BCUT2D eigenvalue weighted by Crippen LogP contribution is -2.51. The van der Waals surface area contributed by atoms with Crippen LogP contribution in [0.1, 0.15) is 23.1 Å². The molecule has 1 aliphatic carbocycles. The van der Waals surface area contributed by atoms with Crippen LogP contribution in [0.5, 0.6) is 0 Å². The first kappa shape index (κ1) is 17.7. The molecule has 4 rings (SSSR count). The third kappa shape index (κ3) is 3.19. The summed E-state index contributed by atoms with van der Waals surface area (Å²) in [5.74, 6) is -0.102. The minimum Gasteiger partial charge on any atom is -0.323 e. The van der Waals surface area contributed by atoms with Crippen molar-refractivity contribution in [1.29, 1.82) is 0 Å². The quantitative estimate of drug-likeness (QED) is 0.751. The van der Waals surface area contributed by atoms with E-state index in [4.69, 9.17) is 0 Å². The molecule has 5 nitrogen and oxygen atoms in total. The van der Waals surface area contributed by atoms with E-state index in [9.17, 15) is 9.59 Å². The highest BCUT2D eigenvalue weighted by Crippen LogP contribution is 2.33. The van der Waals surface area contributed by atoms with Crippen molar-refractivity contribution >= 4 is 39.2 Å². The normalized spacial score (nSPS) is 22.2. The second-order valence-electron chi connectivity index (χ2n) is 7.11. The first-order valence-electron chi connectivity index (χ1n) is 8.59. The standard InChI is InChI=1S/C19H20BrN3O2S/c1-22(10-13-8-16(20)26-11-13)12-23-17(24)19(21-18(23)25)7-6-14-4-2-3-5-15(14)9-19/h2-5,8,11H,6-7,9-10,12H2,1H3,(H,21,25). The molecular formula is C19H20BrN3O2S. The van der Waals surface area contributed by atoms with Crippen molar-refractivity contribution in [2.24, 2.45) is 0 Å². The molecular weight excluding hydrogens is 414 g/mol. The summed E-state index contributed by atoms with van der Waals surface area (Å²) in [6.07, 6.45) is 2.05. The van der Waals surface area contributed by atoms with Gasteiger partial charge in [-0.25, -0.2) is 9.69 Å². The highest BCUT2D eigenvalue weighted by Gasteiger charge is 2.52. The van der Waals surface area contributed by atoms with E-state index in [1.54, 1.807) is 11.3 Å². The number of thiophene rings is 1. The minimum absolute atomic E-state index is 0.102. The highest BCUT2D eigenvalue weighted by molar-refractivity contribution is 9.11. The molecule has 0 saturated carbocycles. The van der Waals surface area contributed by atoms with Crippen LogP contribution in [-0.2, 0) is 24.2 Å². The van der Waals surface area contributed by atoms with Crippen LogP contribution >= 0.6 is 27.3 Å². The van der Waals surface area contributed by atoms with E-state index < -0.39 is 5.54 Å². The predicted molar refractivity (Wildman–Crippen MR) is 105 cm³/mol. The molecule has 1 fully saturated rings. The Bertz CT molecular complexity index is 868. The summed E-state index contributed by atoms with van der Waals surface area (Å²) in [6.45, 7) is 0.983. The Morgan fingerprint density at radius 2 is 2.08 bits per heavy atom. The number of halogens is 1. The van der Waals surface area contributed by atoms with Gasteiger partial charge in [-0.1, -0.05) is 24.3 Å². The number of urea groups is 1. The maximum absolute atomic E-state index is 13.1. The number of benzene rings is 1. The van der Waals surface area contributed by atoms with Gasteiger partial charge >= 0.3 is 6.03 Å². The minimum atomic E-state index is -0.780. The zero-order chi connectivity index (χ0) is 18.3. The van der Waals surface area contributed by atoms with Gasteiger partial charge in [0, 0.05) is 13.0 Å². The molecule has 136 valence electrons. The molecule has 2 aliphatic rings. The van der Waals surface area contributed by atoms with Crippen LogP contribution in [0.4, 0.5) is 4.79 Å². The van der Waals surface area contributed by atoms with E-state index in [0.29, 0.717) is 26.1 Å². The fraction of sp³-hybridized carbons (Fsp3) is 0.368. The molecule has 1 aromatic carbocycles. The first-order valence-corrected chi connectivity index (χ1v) is 10.3. The van der Waals surface area contributed by atoms with Gasteiger partial charge in [0.2, 0.25) is 0 Å². The molecule has 7 heteroatoms. The van der Waals surface area contributed by atoms with Gasteiger partial charge in [-0.3, -0.25) is 9.69 Å². The van der Waals surface area contributed by atoms with Crippen molar-refractivity contribution in [3.63, 3.8) is 0 Å². The van der Waals surface area contributed by atoms with Gasteiger partial charge in [-0.05, 0) is 64.0 Å². The number of imide groups is 1. The second kappa shape index (κ2) is 6.79. The van der Waals surface area contributed by atoms with Crippen molar-refractivity contribution < 1.29 is 9.59 Å². The Balaban J connectivity index is 1.47. The van der Waals surface area contributed by atoms with Gasteiger partial charge in [0.15, 0.2) is 0 Å². The van der Waals surface area contributed by atoms with Crippen LogP contribution in [0.15, 0.2) is 39.5 Å². The van der Waals surface area contributed by atoms with E-state index in [0.717, 1.165) is 21.3 Å². The zero-order valence-corrected chi connectivity index (χ0v) is 16.9. The summed E-state index contributed by atoms with van der Waals surface area (Å²) in [7, 11) is 1.92. The van der Waals surface area contributed by atoms with Gasteiger partial charge in [0.05, 0.1) is 10.5 Å². The number of fused-ring (bicyclic) bond motifs is 1. The fourth-order valence-corrected chi connectivity index (χ4v) is 5.06. The number of rotatable bonds is 4. The molecule has 1 saturated heterocycles. The van der Waals surface area contributed by atoms with Gasteiger partial charge in [-0.2, -0.15) is 0 Å². The summed E-state index contributed by atoms with van der Waals surface area (Å²) < 4.78 is 1.08. The van der Waals surface area contributed by atoms with Gasteiger partial charge in [0.1, 0.15) is 5.54 Å². The average Bonchev–Trinajstić information content (AvgIpc) is 3.11. The molecule has 1 unspecified atom stereocenters. The monoisotopic (exact) mass is 433 g/mol. The maximum Gasteiger partial charge on any atom is 0.326 e. The number of hydrogen-bond donors (Lipinski definition) is 1. The Morgan fingerprint density at radius 1 is 1.31 bits per heavy atom. The molecule has 2 heterocycles. The van der Waals surface area contributed by atoms with Crippen LogP contribution in [0.3, 0.4) is 0 Å². The number of hydrogen-bond acceptors (Lipinski definition) is 4. The average molecular weight is 434 g/mol. The largest absolute Gasteiger partial charge is 0.326 e. The lowest BCUT2D eigenvalue weighted by molar-refractivity contribution is -0.133. The van der Waals surface area contributed by atoms with Crippen LogP contribution in [0.2, 0.25) is 0 Å². The van der Waals surface area contributed by atoms with E-state index in [1.807, 2.05) is 24.1 Å². The lowest BCUT2D eigenvalue weighted by Gasteiger charge is -2.32. The molecule has 1 N–H and O–H groups in total. The van der Waals surface area contributed by atoms with Crippen molar-refractivity contribution in [2.75, 3.05) is 13.7 Å². The van der Waals surface area contributed by atoms with Crippen molar-refractivity contribution in [2.45, 2.75) is 31.3 Å². The summed E-state index contributed by atoms with van der Waals surface area (Å²) in [4.78, 5) is 29.0. The van der Waals surface area contributed by atoms with Gasteiger partial charge < -0.3 is 5.32 Å². The van der Waals surface area contributed by atoms with Crippen molar-refractivity contribution in [3.05, 3.63) is 56.2 Å². The van der Waals surface area contributed by atoms with Crippen LogP contribution in [0, 0.1) is 0 Å². The molecule has 1 aliphatic heterocycles. The Kier molecular flexibility index (Phi) is 4.62. The predicted octanol–water partition coefficient (Wildman–Crippen LogP) is 3.38. The topological polar surface area (TPSA) is 52.6 Å². The molecule has 2 aromatic rings. The Hall–Kier alpha value is -1.70. The summed E-state index contributed by atoms with van der Waals surface area (Å²) in [5, 5.41) is 5.06. The smallest absolute Gasteiger partial charge is 0.323 e. The summed E-state index contributed by atoms with van der Waals surface area (Å²) >= 11 is 5.09. The van der Waals surface area contributed by atoms with Gasteiger partial charge in [0.25, 0.3) is 5.91 Å². The maximum atomic E-state index is 13.1. The first-order chi connectivity index (χ1) is 12.5. The fourth-order valence-electron chi connectivity index (χ4n) is 3.86. The molecule has 1 aromatic heterocycles. The van der Waals surface area contributed by atoms with Crippen LogP contribution < -0.4 is 5.32 Å². The number of nitrogens with zero attached hydrogens (tertiary/aromatic N) is 2. The van der Waals surface area contributed by atoms with E-state index in [-0.39, 0.29) is 11.9 Å². The molecule has 0 bridgehead atoms. The van der Waals surface area contributed by atoms with Gasteiger partial charge in [-0.15, -0.1) is 11.3 Å². The summed E-state index contributed by atoms with van der Waals surface area (Å²) in [6, 6.07) is 9.95. The second-order valence-corrected chi connectivity index (χ2v) is 9.40. The number of carbonyl (C=O) groups excluding carboxylic acids is 2. The molecule has 1 atom stereocenters. The molecule has 3 amide bonds. The van der Waals surface area contributed by atoms with E-state index >= 15 is 0 Å². The molecule has 1 spiro atoms. The number of carbonyl (C=O) groups is 2. The highest BCUT2D eigenvalue weighted by atomic mass is 79.9. The number of aryl methyl sites for hydroxylation is 1.